The van der Waals surface area contributed by atoms with Crippen LogP contribution in [-0.4, -0.2) is 64.0 Å². The van der Waals surface area contributed by atoms with Crippen molar-refractivity contribution in [2.24, 2.45) is 4.99 Å². The van der Waals surface area contributed by atoms with E-state index < -0.39 is 17.4 Å². The van der Waals surface area contributed by atoms with E-state index in [9.17, 15) is 14.4 Å². The van der Waals surface area contributed by atoms with Gasteiger partial charge in [0.1, 0.15) is 34.7 Å². The van der Waals surface area contributed by atoms with Gasteiger partial charge in [-0.15, -0.1) is 11.8 Å². The highest BCUT2D eigenvalue weighted by atomic mass is 32.2. The fraction of sp³-hybridized carbons (Fsp3) is 0.360. The Morgan fingerprint density at radius 2 is 1.89 bits per heavy atom. The van der Waals surface area contributed by atoms with E-state index in [-0.39, 0.29) is 18.4 Å². The van der Waals surface area contributed by atoms with Crippen LogP contribution in [0.25, 0.3) is 0 Å². The molecule has 35 heavy (non-hydrogen) atoms. The highest BCUT2D eigenvalue weighted by Crippen LogP contribution is 2.40. The third-order valence-electron chi connectivity index (χ3n) is 6.10. The zero-order valence-electron chi connectivity index (χ0n) is 19.8. The summed E-state index contributed by atoms with van der Waals surface area (Å²) in [6.07, 6.45) is -0.710. The predicted octanol–water partition coefficient (Wildman–Crippen LogP) is 4.05. The van der Waals surface area contributed by atoms with Gasteiger partial charge in [0.2, 0.25) is 5.91 Å². The number of aryl methyl sites for hydroxylation is 2. The molecular weight excluding hydrogens is 484 g/mol. The molecule has 0 spiro atoms. The molecule has 5 rings (SSSR count). The number of ether oxygens (including phenoxy) is 1. The maximum absolute atomic E-state index is 13.7. The van der Waals surface area contributed by atoms with Crippen molar-refractivity contribution in [1.82, 2.24) is 4.90 Å². The lowest BCUT2D eigenvalue weighted by atomic mass is 10.1. The molecule has 0 aromatic heterocycles. The third-order valence-corrected chi connectivity index (χ3v) is 8.39. The van der Waals surface area contributed by atoms with E-state index in [2.05, 4.69) is 4.99 Å². The van der Waals surface area contributed by atoms with Crippen LogP contribution >= 0.6 is 23.5 Å². The largest absolute Gasteiger partial charge is 0.490 e. The van der Waals surface area contributed by atoms with Gasteiger partial charge >= 0.3 is 6.03 Å². The Balaban J connectivity index is 1.47. The number of carbonyl (C=O) groups is 3. The normalized spacial score (nSPS) is 21.5. The zero-order valence-corrected chi connectivity index (χ0v) is 21.4. The maximum atomic E-state index is 13.7. The molecule has 8 nitrogen and oxygen atoms in total. The van der Waals surface area contributed by atoms with Gasteiger partial charge in [0.05, 0.1) is 17.9 Å². The quantitative estimate of drug-likeness (QED) is 0.617. The van der Waals surface area contributed by atoms with Gasteiger partial charge in [-0.2, -0.15) is 0 Å². The van der Waals surface area contributed by atoms with Crippen LogP contribution < -0.4 is 14.5 Å². The van der Waals surface area contributed by atoms with Crippen LogP contribution in [0.1, 0.15) is 18.1 Å². The standard InChI is InChI=1S/C25H26N4O4S2/c1-4-34-24-26-22-21(35-24)23(31)29(17-8-5-15(2)6-9-17)25(32)28(22)14-20(30)27-11-12-33-19-10-7-16(3)13-18(19)27/h5-10,13,21-22H,4,11-12,14H2,1-3H3. The summed E-state index contributed by atoms with van der Waals surface area (Å²) in [5.41, 5.74) is 3.22. The summed E-state index contributed by atoms with van der Waals surface area (Å²) >= 11 is 2.91. The first-order chi connectivity index (χ1) is 16.9. The highest BCUT2D eigenvalue weighted by Gasteiger charge is 2.51. The molecular formula is C25H26N4O4S2. The monoisotopic (exact) mass is 510 g/mol. The van der Waals surface area contributed by atoms with Crippen LogP contribution in [0.15, 0.2) is 47.5 Å². The van der Waals surface area contributed by atoms with E-state index >= 15 is 0 Å². The number of rotatable bonds is 4. The summed E-state index contributed by atoms with van der Waals surface area (Å²) in [4.78, 5) is 49.7. The molecule has 3 aliphatic rings. The van der Waals surface area contributed by atoms with Crippen LogP contribution in [0, 0.1) is 13.8 Å². The number of urea groups is 1. The molecule has 182 valence electrons. The number of carbonyl (C=O) groups excluding carboxylic acids is 3. The van der Waals surface area contributed by atoms with Crippen molar-refractivity contribution in [2.45, 2.75) is 32.2 Å². The minimum atomic E-state index is -0.710. The Morgan fingerprint density at radius 1 is 1.14 bits per heavy atom. The molecule has 0 radical (unpaired) electrons. The third kappa shape index (κ3) is 4.40. The summed E-state index contributed by atoms with van der Waals surface area (Å²) in [5.74, 6) is 0.908. The van der Waals surface area contributed by atoms with Gasteiger partial charge in [-0.25, -0.2) is 14.7 Å². The molecule has 0 N–H and O–H groups in total. The molecule has 2 aromatic carbocycles. The Kier molecular flexibility index (Phi) is 6.50. The Labute approximate surface area is 212 Å². The molecule has 10 heteroatoms. The Bertz CT molecular complexity index is 1220. The summed E-state index contributed by atoms with van der Waals surface area (Å²) in [6, 6.07) is 12.4. The van der Waals surface area contributed by atoms with Crippen LogP contribution in [0.4, 0.5) is 16.2 Å². The van der Waals surface area contributed by atoms with E-state index in [1.165, 1.54) is 21.6 Å². The van der Waals surface area contributed by atoms with Gasteiger partial charge in [0.15, 0.2) is 0 Å². The van der Waals surface area contributed by atoms with Crippen molar-refractivity contribution in [3.8, 4) is 5.75 Å². The summed E-state index contributed by atoms with van der Waals surface area (Å²) in [6.45, 7) is 6.50. The topological polar surface area (TPSA) is 82.5 Å². The minimum Gasteiger partial charge on any atom is -0.490 e. The second-order valence-corrected chi connectivity index (χ2v) is 11.2. The van der Waals surface area contributed by atoms with Crippen molar-refractivity contribution in [2.75, 3.05) is 35.2 Å². The van der Waals surface area contributed by atoms with Gasteiger partial charge < -0.3 is 9.64 Å². The lowest BCUT2D eigenvalue weighted by molar-refractivity contribution is -0.123. The zero-order chi connectivity index (χ0) is 24.7. The van der Waals surface area contributed by atoms with E-state index in [1.54, 1.807) is 28.8 Å². The average molecular weight is 511 g/mol. The van der Waals surface area contributed by atoms with Gasteiger partial charge in [-0.3, -0.25) is 14.5 Å². The minimum absolute atomic E-state index is 0.183. The molecule has 3 aliphatic heterocycles. The first-order valence-electron chi connectivity index (χ1n) is 11.5. The van der Waals surface area contributed by atoms with Crippen molar-refractivity contribution >= 4 is 57.1 Å². The predicted molar refractivity (Wildman–Crippen MR) is 141 cm³/mol. The smallest absolute Gasteiger partial charge is 0.333 e. The number of hydrogen-bond acceptors (Lipinski definition) is 7. The number of hydrogen-bond donors (Lipinski definition) is 0. The van der Waals surface area contributed by atoms with E-state index in [0.717, 1.165) is 21.3 Å². The van der Waals surface area contributed by atoms with Gasteiger partial charge in [0.25, 0.3) is 5.91 Å². The molecule has 0 aliphatic carbocycles. The van der Waals surface area contributed by atoms with Crippen LogP contribution in [0.5, 0.6) is 5.75 Å². The molecule has 1 saturated heterocycles. The number of anilines is 2. The second-order valence-electron chi connectivity index (χ2n) is 8.56. The molecule has 2 aromatic rings. The summed E-state index contributed by atoms with van der Waals surface area (Å²) in [5, 5.41) is -0.588. The van der Waals surface area contributed by atoms with Crippen LogP contribution in [0.2, 0.25) is 0 Å². The van der Waals surface area contributed by atoms with E-state index in [4.69, 9.17) is 4.74 Å². The second kappa shape index (κ2) is 9.58. The van der Waals surface area contributed by atoms with Crippen molar-refractivity contribution in [1.29, 1.82) is 0 Å². The molecule has 0 bridgehead atoms. The number of nitrogens with zero attached hydrogens (tertiary/aromatic N) is 4. The molecule has 2 atom stereocenters. The van der Waals surface area contributed by atoms with Crippen molar-refractivity contribution < 1.29 is 19.1 Å². The lowest BCUT2D eigenvalue weighted by Gasteiger charge is -2.40. The fourth-order valence-corrected chi connectivity index (χ4v) is 6.64. The van der Waals surface area contributed by atoms with Crippen molar-refractivity contribution in [3.05, 3.63) is 53.6 Å². The lowest BCUT2D eigenvalue weighted by Crippen LogP contribution is -2.63. The maximum Gasteiger partial charge on any atom is 0.333 e. The number of benzene rings is 2. The van der Waals surface area contributed by atoms with Crippen LogP contribution in [-0.2, 0) is 9.59 Å². The number of amides is 4. The number of fused-ring (bicyclic) bond motifs is 2. The first kappa shape index (κ1) is 23.7. The van der Waals surface area contributed by atoms with E-state index in [1.807, 2.05) is 51.1 Å². The van der Waals surface area contributed by atoms with Gasteiger partial charge in [0, 0.05) is 0 Å². The molecule has 3 heterocycles. The Morgan fingerprint density at radius 3 is 2.63 bits per heavy atom. The average Bonchev–Trinajstić information content (AvgIpc) is 3.27. The highest BCUT2D eigenvalue weighted by molar-refractivity contribution is 8.39. The fourth-order valence-electron chi connectivity index (χ4n) is 4.36. The van der Waals surface area contributed by atoms with Crippen LogP contribution in [0.3, 0.4) is 0 Å². The van der Waals surface area contributed by atoms with Crippen molar-refractivity contribution in [3.63, 3.8) is 0 Å². The summed E-state index contributed by atoms with van der Waals surface area (Å²) < 4.78 is 6.49. The summed E-state index contributed by atoms with van der Waals surface area (Å²) in [7, 11) is 0. The number of imide groups is 1. The van der Waals surface area contributed by atoms with Gasteiger partial charge in [-0.05, 0) is 49.4 Å². The van der Waals surface area contributed by atoms with E-state index in [0.29, 0.717) is 30.3 Å². The molecule has 4 amide bonds. The molecule has 2 unspecified atom stereocenters. The SMILES string of the molecule is CCSC1=NC2C(S1)C(=O)N(c1ccc(C)cc1)C(=O)N2CC(=O)N1CCOc2ccc(C)cc21. The first-order valence-corrected chi connectivity index (χ1v) is 13.4. The Hall–Kier alpha value is -2.98. The molecule has 1 fully saturated rings. The molecule has 0 saturated carbocycles. The van der Waals surface area contributed by atoms with Gasteiger partial charge in [-0.1, -0.05) is 42.4 Å². The number of thioether (sulfide) groups is 2. The number of aliphatic imine (C=N–C) groups is 1.